The van der Waals surface area contributed by atoms with Gasteiger partial charge in [0.1, 0.15) is 0 Å². The second kappa shape index (κ2) is 7.90. The van der Waals surface area contributed by atoms with Crippen molar-refractivity contribution in [2.75, 3.05) is 31.1 Å². The van der Waals surface area contributed by atoms with E-state index in [1.165, 1.54) is 5.56 Å². The van der Waals surface area contributed by atoms with Gasteiger partial charge in [-0.15, -0.1) is 6.58 Å². The molecule has 0 aliphatic rings. The molecule has 0 aliphatic carbocycles. The van der Waals surface area contributed by atoms with Gasteiger partial charge < -0.3 is 15.3 Å². The van der Waals surface area contributed by atoms with Crippen molar-refractivity contribution >= 4 is 5.69 Å². The molecule has 0 heterocycles. The van der Waals surface area contributed by atoms with Crippen LogP contribution in [-0.4, -0.2) is 31.3 Å². The SMILES string of the molecule is C=CCN(CCO)c1ccc(C(C)NCC)cc1. The van der Waals surface area contributed by atoms with Crippen molar-refractivity contribution in [3.05, 3.63) is 42.5 Å². The summed E-state index contributed by atoms with van der Waals surface area (Å²) in [7, 11) is 0. The molecule has 0 aromatic heterocycles. The van der Waals surface area contributed by atoms with Gasteiger partial charge in [0.15, 0.2) is 0 Å². The van der Waals surface area contributed by atoms with Crippen molar-refractivity contribution in [2.24, 2.45) is 0 Å². The lowest BCUT2D eigenvalue weighted by Crippen LogP contribution is -2.26. The van der Waals surface area contributed by atoms with Crippen LogP contribution in [0.4, 0.5) is 5.69 Å². The number of aliphatic hydroxyl groups is 1. The molecule has 0 aliphatic heterocycles. The zero-order valence-corrected chi connectivity index (χ0v) is 11.4. The molecule has 1 unspecified atom stereocenters. The molecular weight excluding hydrogens is 224 g/mol. The van der Waals surface area contributed by atoms with E-state index >= 15 is 0 Å². The molecule has 0 bridgehead atoms. The number of aliphatic hydroxyl groups excluding tert-OH is 1. The van der Waals surface area contributed by atoms with Gasteiger partial charge in [0.25, 0.3) is 0 Å². The first-order valence-electron chi connectivity index (χ1n) is 6.53. The van der Waals surface area contributed by atoms with Crippen LogP contribution in [0.1, 0.15) is 25.5 Å². The summed E-state index contributed by atoms with van der Waals surface area (Å²) >= 11 is 0. The van der Waals surface area contributed by atoms with Crippen LogP contribution in [0.15, 0.2) is 36.9 Å². The van der Waals surface area contributed by atoms with Crippen LogP contribution in [0.25, 0.3) is 0 Å². The van der Waals surface area contributed by atoms with E-state index in [1.807, 2.05) is 6.08 Å². The largest absolute Gasteiger partial charge is 0.395 e. The highest BCUT2D eigenvalue weighted by atomic mass is 16.3. The summed E-state index contributed by atoms with van der Waals surface area (Å²) in [4.78, 5) is 2.11. The zero-order chi connectivity index (χ0) is 13.4. The lowest BCUT2D eigenvalue weighted by atomic mass is 10.1. The van der Waals surface area contributed by atoms with E-state index in [-0.39, 0.29) is 6.61 Å². The smallest absolute Gasteiger partial charge is 0.0606 e. The molecule has 1 rings (SSSR count). The van der Waals surface area contributed by atoms with Crippen LogP contribution in [0.2, 0.25) is 0 Å². The highest BCUT2D eigenvalue weighted by Crippen LogP contribution is 2.19. The molecule has 0 saturated carbocycles. The van der Waals surface area contributed by atoms with E-state index in [0.29, 0.717) is 12.6 Å². The average Bonchev–Trinajstić information content (AvgIpc) is 2.39. The Morgan fingerprint density at radius 1 is 1.39 bits per heavy atom. The summed E-state index contributed by atoms with van der Waals surface area (Å²) in [5.41, 5.74) is 2.40. The molecule has 2 N–H and O–H groups in total. The molecule has 0 fully saturated rings. The third-order valence-corrected chi connectivity index (χ3v) is 2.99. The molecule has 18 heavy (non-hydrogen) atoms. The standard InChI is InChI=1S/C15H24N2O/c1-4-10-17(11-12-18)15-8-6-14(7-9-15)13(3)16-5-2/h4,6-9,13,16,18H,1,5,10-12H2,2-3H3. The van der Waals surface area contributed by atoms with E-state index in [4.69, 9.17) is 5.11 Å². The molecule has 100 valence electrons. The molecule has 3 heteroatoms. The minimum absolute atomic E-state index is 0.156. The first-order chi connectivity index (χ1) is 8.72. The van der Waals surface area contributed by atoms with Gasteiger partial charge in [0.05, 0.1) is 6.61 Å². The predicted molar refractivity (Wildman–Crippen MR) is 78.0 cm³/mol. The van der Waals surface area contributed by atoms with Crippen LogP contribution in [0.5, 0.6) is 0 Å². The molecule has 0 amide bonds. The van der Waals surface area contributed by atoms with E-state index in [0.717, 1.165) is 18.8 Å². The van der Waals surface area contributed by atoms with Crippen LogP contribution >= 0.6 is 0 Å². The quantitative estimate of drug-likeness (QED) is 0.693. The Morgan fingerprint density at radius 2 is 2.06 bits per heavy atom. The maximum absolute atomic E-state index is 9.05. The second-order valence-electron chi connectivity index (χ2n) is 4.33. The third-order valence-electron chi connectivity index (χ3n) is 2.99. The second-order valence-corrected chi connectivity index (χ2v) is 4.33. The highest BCUT2D eigenvalue weighted by Gasteiger charge is 2.06. The van der Waals surface area contributed by atoms with Crippen molar-refractivity contribution in [3.8, 4) is 0 Å². The summed E-state index contributed by atoms with van der Waals surface area (Å²) in [5, 5.41) is 12.4. The summed E-state index contributed by atoms with van der Waals surface area (Å²) in [6.07, 6.45) is 1.85. The Hall–Kier alpha value is -1.32. The third kappa shape index (κ3) is 4.17. The van der Waals surface area contributed by atoms with E-state index in [9.17, 15) is 0 Å². The summed E-state index contributed by atoms with van der Waals surface area (Å²) in [6.45, 7) is 10.5. The number of anilines is 1. The van der Waals surface area contributed by atoms with Gasteiger partial charge in [-0.3, -0.25) is 0 Å². The number of hydrogen-bond acceptors (Lipinski definition) is 3. The lowest BCUT2D eigenvalue weighted by Gasteiger charge is -2.23. The van der Waals surface area contributed by atoms with Gasteiger partial charge in [0.2, 0.25) is 0 Å². The van der Waals surface area contributed by atoms with Gasteiger partial charge in [-0.2, -0.15) is 0 Å². The lowest BCUT2D eigenvalue weighted by molar-refractivity contribution is 0.303. The van der Waals surface area contributed by atoms with Crippen LogP contribution in [-0.2, 0) is 0 Å². The normalized spacial score (nSPS) is 12.2. The van der Waals surface area contributed by atoms with Crippen molar-refractivity contribution in [2.45, 2.75) is 19.9 Å². The molecule has 0 spiro atoms. The predicted octanol–water partition coefficient (Wildman–Crippen LogP) is 2.34. The Balaban J connectivity index is 2.76. The summed E-state index contributed by atoms with van der Waals surface area (Å²) in [6, 6.07) is 8.84. The zero-order valence-electron chi connectivity index (χ0n) is 11.4. The maximum Gasteiger partial charge on any atom is 0.0606 e. The first kappa shape index (κ1) is 14.7. The molecular formula is C15H24N2O. The van der Waals surface area contributed by atoms with Crippen molar-refractivity contribution in [1.29, 1.82) is 0 Å². The van der Waals surface area contributed by atoms with Crippen LogP contribution < -0.4 is 10.2 Å². The fourth-order valence-corrected chi connectivity index (χ4v) is 2.00. The van der Waals surface area contributed by atoms with Gasteiger partial charge >= 0.3 is 0 Å². The molecule has 1 aromatic carbocycles. The van der Waals surface area contributed by atoms with Crippen molar-refractivity contribution in [1.82, 2.24) is 5.32 Å². The number of nitrogens with one attached hydrogen (secondary N) is 1. The van der Waals surface area contributed by atoms with Crippen molar-refractivity contribution in [3.63, 3.8) is 0 Å². The average molecular weight is 248 g/mol. The number of hydrogen-bond donors (Lipinski definition) is 2. The minimum Gasteiger partial charge on any atom is -0.395 e. The highest BCUT2D eigenvalue weighted by molar-refractivity contribution is 5.48. The van der Waals surface area contributed by atoms with E-state index in [2.05, 4.69) is 54.9 Å². The number of rotatable bonds is 8. The summed E-state index contributed by atoms with van der Waals surface area (Å²) < 4.78 is 0. The molecule has 1 aromatic rings. The monoisotopic (exact) mass is 248 g/mol. The fourth-order valence-electron chi connectivity index (χ4n) is 2.00. The Morgan fingerprint density at radius 3 is 2.56 bits per heavy atom. The number of nitrogens with zero attached hydrogens (tertiary/aromatic N) is 1. The molecule has 3 nitrogen and oxygen atoms in total. The Bertz CT molecular complexity index is 348. The van der Waals surface area contributed by atoms with E-state index < -0.39 is 0 Å². The van der Waals surface area contributed by atoms with Crippen LogP contribution in [0, 0.1) is 0 Å². The van der Waals surface area contributed by atoms with Crippen molar-refractivity contribution < 1.29 is 5.11 Å². The fraction of sp³-hybridized carbons (Fsp3) is 0.467. The minimum atomic E-state index is 0.156. The topological polar surface area (TPSA) is 35.5 Å². The molecule has 0 saturated heterocycles. The first-order valence-corrected chi connectivity index (χ1v) is 6.53. The van der Waals surface area contributed by atoms with Crippen LogP contribution in [0.3, 0.4) is 0 Å². The van der Waals surface area contributed by atoms with Gasteiger partial charge in [0, 0.05) is 24.8 Å². The van der Waals surface area contributed by atoms with Gasteiger partial charge in [-0.1, -0.05) is 25.1 Å². The Labute approximate surface area is 110 Å². The maximum atomic E-state index is 9.05. The van der Waals surface area contributed by atoms with Gasteiger partial charge in [-0.25, -0.2) is 0 Å². The molecule has 1 atom stereocenters. The Kier molecular flexibility index (Phi) is 6.47. The molecule has 0 radical (unpaired) electrons. The van der Waals surface area contributed by atoms with Gasteiger partial charge in [-0.05, 0) is 31.2 Å². The summed E-state index contributed by atoms with van der Waals surface area (Å²) in [5.74, 6) is 0. The van der Waals surface area contributed by atoms with E-state index in [1.54, 1.807) is 0 Å². The number of benzene rings is 1.